The van der Waals surface area contributed by atoms with Gasteiger partial charge in [-0.2, -0.15) is 0 Å². The molecule has 0 aliphatic carbocycles. The Bertz CT molecular complexity index is 348. The third kappa shape index (κ3) is 4.28. The van der Waals surface area contributed by atoms with E-state index in [9.17, 15) is 0 Å². The monoisotopic (exact) mass is 207 g/mol. The van der Waals surface area contributed by atoms with E-state index in [0.29, 0.717) is 19.0 Å². The van der Waals surface area contributed by atoms with Crippen molar-refractivity contribution in [1.82, 2.24) is 9.97 Å². The van der Waals surface area contributed by atoms with Crippen LogP contribution in [0.5, 0.6) is 5.88 Å². The van der Waals surface area contributed by atoms with Gasteiger partial charge in [0, 0.05) is 23.9 Å². The smallest absolute Gasteiger partial charge is 0.235 e. The number of unbranched alkanes of at least 4 members (excludes halogenated alkanes) is 1. The van der Waals surface area contributed by atoms with Crippen molar-refractivity contribution in [3.8, 4) is 5.88 Å². The van der Waals surface area contributed by atoms with Crippen LogP contribution >= 0.6 is 0 Å². The number of nitrogens with zero attached hydrogens (tertiary/aromatic N) is 5. The van der Waals surface area contributed by atoms with Crippen LogP contribution in [0.15, 0.2) is 17.5 Å². The Morgan fingerprint density at radius 3 is 2.93 bits per heavy atom. The molecule has 1 heterocycles. The average molecular weight is 207 g/mol. The first-order valence-corrected chi connectivity index (χ1v) is 4.76. The molecule has 0 atom stereocenters. The van der Waals surface area contributed by atoms with Gasteiger partial charge in [-0.25, -0.2) is 4.98 Å². The molecule has 1 aromatic heterocycles. The Hall–Kier alpha value is -1.81. The fourth-order valence-electron chi connectivity index (χ4n) is 1.03. The van der Waals surface area contributed by atoms with Crippen molar-refractivity contribution in [2.45, 2.75) is 19.8 Å². The van der Waals surface area contributed by atoms with Gasteiger partial charge in [0.25, 0.3) is 0 Å². The maximum absolute atomic E-state index is 8.05. The van der Waals surface area contributed by atoms with Crippen molar-refractivity contribution >= 4 is 0 Å². The molecule has 1 aromatic rings. The number of aromatic nitrogens is 2. The maximum Gasteiger partial charge on any atom is 0.235 e. The SMILES string of the molecule is Cc1nccnc1OCCCCN=[N+]=[N-]. The summed E-state index contributed by atoms with van der Waals surface area (Å²) in [5.41, 5.74) is 8.83. The maximum atomic E-state index is 8.05. The summed E-state index contributed by atoms with van der Waals surface area (Å²) in [6.07, 6.45) is 4.89. The lowest BCUT2D eigenvalue weighted by molar-refractivity contribution is 0.292. The molecular weight excluding hydrogens is 194 g/mol. The normalized spacial score (nSPS) is 9.40. The van der Waals surface area contributed by atoms with Gasteiger partial charge in [-0.1, -0.05) is 5.11 Å². The highest BCUT2D eigenvalue weighted by Gasteiger charge is 1.99. The number of azide groups is 1. The number of hydrogen-bond acceptors (Lipinski definition) is 4. The molecule has 0 aliphatic rings. The molecule has 80 valence electrons. The van der Waals surface area contributed by atoms with Gasteiger partial charge in [0.1, 0.15) is 0 Å². The first kappa shape index (κ1) is 11.3. The molecule has 0 aromatic carbocycles. The molecule has 0 spiro atoms. The Labute approximate surface area is 87.9 Å². The fourth-order valence-corrected chi connectivity index (χ4v) is 1.03. The number of aryl methyl sites for hydroxylation is 1. The van der Waals surface area contributed by atoms with Crippen LogP contribution in [0.1, 0.15) is 18.5 Å². The molecule has 0 aliphatic heterocycles. The minimum atomic E-state index is 0.513. The fraction of sp³-hybridized carbons (Fsp3) is 0.556. The summed E-state index contributed by atoms with van der Waals surface area (Å²) in [6.45, 7) is 2.93. The van der Waals surface area contributed by atoms with Crippen LogP contribution < -0.4 is 4.74 Å². The summed E-state index contributed by atoms with van der Waals surface area (Å²) < 4.78 is 5.41. The molecular formula is C9H13N5O. The van der Waals surface area contributed by atoms with Crippen LogP contribution in [0, 0.1) is 6.92 Å². The highest BCUT2D eigenvalue weighted by atomic mass is 16.5. The summed E-state index contributed by atoms with van der Waals surface area (Å²) in [4.78, 5) is 10.8. The van der Waals surface area contributed by atoms with Crippen molar-refractivity contribution in [2.24, 2.45) is 5.11 Å². The molecule has 0 saturated carbocycles. The van der Waals surface area contributed by atoms with Crippen molar-refractivity contribution in [2.75, 3.05) is 13.2 Å². The van der Waals surface area contributed by atoms with Crippen LogP contribution in [0.4, 0.5) is 0 Å². The van der Waals surface area contributed by atoms with E-state index in [1.165, 1.54) is 0 Å². The minimum absolute atomic E-state index is 0.513. The van der Waals surface area contributed by atoms with Gasteiger partial charge in [-0.3, -0.25) is 4.98 Å². The zero-order valence-corrected chi connectivity index (χ0v) is 8.63. The van der Waals surface area contributed by atoms with Crippen LogP contribution in [0.25, 0.3) is 10.4 Å². The number of rotatable bonds is 6. The zero-order chi connectivity index (χ0) is 10.9. The minimum Gasteiger partial charge on any atom is -0.476 e. The van der Waals surface area contributed by atoms with Gasteiger partial charge in [0.15, 0.2) is 0 Å². The van der Waals surface area contributed by atoms with Crippen molar-refractivity contribution < 1.29 is 4.74 Å². The lowest BCUT2D eigenvalue weighted by Gasteiger charge is -2.05. The Morgan fingerprint density at radius 1 is 1.40 bits per heavy atom. The topological polar surface area (TPSA) is 83.8 Å². The Balaban J connectivity index is 2.20. The van der Waals surface area contributed by atoms with E-state index in [1.807, 2.05) is 6.92 Å². The van der Waals surface area contributed by atoms with Crippen LogP contribution in [0.2, 0.25) is 0 Å². The molecule has 0 unspecified atom stereocenters. The van der Waals surface area contributed by atoms with Gasteiger partial charge in [-0.15, -0.1) is 0 Å². The van der Waals surface area contributed by atoms with E-state index >= 15 is 0 Å². The van der Waals surface area contributed by atoms with Gasteiger partial charge in [0.05, 0.1) is 12.3 Å². The summed E-state index contributed by atoms with van der Waals surface area (Å²) in [5, 5.41) is 3.43. The quantitative estimate of drug-likeness (QED) is 0.310. The standard InChI is InChI=1S/C9H13N5O/c1-8-9(12-6-5-11-8)15-7-3-2-4-13-14-10/h5-6H,2-4,7H2,1H3. The molecule has 0 amide bonds. The predicted molar refractivity (Wildman–Crippen MR) is 55.5 cm³/mol. The van der Waals surface area contributed by atoms with Crippen molar-refractivity contribution in [3.05, 3.63) is 28.5 Å². The molecule has 0 N–H and O–H groups in total. The lowest BCUT2D eigenvalue weighted by atomic mass is 10.3. The highest BCUT2D eigenvalue weighted by molar-refractivity contribution is 5.14. The molecule has 6 heteroatoms. The van der Waals surface area contributed by atoms with Crippen molar-refractivity contribution in [1.29, 1.82) is 0 Å². The molecule has 0 saturated heterocycles. The van der Waals surface area contributed by atoms with E-state index < -0.39 is 0 Å². The number of ether oxygens (including phenoxy) is 1. The van der Waals surface area contributed by atoms with Crippen LogP contribution in [-0.4, -0.2) is 23.1 Å². The predicted octanol–water partition coefficient (Wildman–Crippen LogP) is 2.25. The Kier molecular flexibility index (Phi) is 4.97. The van der Waals surface area contributed by atoms with E-state index in [1.54, 1.807) is 12.4 Å². The molecule has 1 rings (SSSR count). The van der Waals surface area contributed by atoms with E-state index in [4.69, 9.17) is 10.3 Å². The summed E-state index contributed by atoms with van der Waals surface area (Å²) in [6, 6.07) is 0. The third-order valence-electron chi connectivity index (χ3n) is 1.79. The largest absolute Gasteiger partial charge is 0.476 e. The second-order valence-corrected chi connectivity index (χ2v) is 2.96. The summed E-state index contributed by atoms with van der Waals surface area (Å²) in [5.74, 6) is 0.571. The first-order valence-electron chi connectivity index (χ1n) is 4.76. The van der Waals surface area contributed by atoms with Gasteiger partial charge in [0.2, 0.25) is 5.88 Å². The Morgan fingerprint density at radius 2 is 2.20 bits per heavy atom. The molecule has 6 nitrogen and oxygen atoms in total. The second kappa shape index (κ2) is 6.62. The van der Waals surface area contributed by atoms with Crippen molar-refractivity contribution in [3.63, 3.8) is 0 Å². The molecule has 0 fully saturated rings. The van der Waals surface area contributed by atoms with E-state index in [0.717, 1.165) is 18.5 Å². The summed E-state index contributed by atoms with van der Waals surface area (Å²) >= 11 is 0. The molecule has 15 heavy (non-hydrogen) atoms. The van der Waals surface area contributed by atoms with Crippen LogP contribution in [0.3, 0.4) is 0 Å². The highest BCUT2D eigenvalue weighted by Crippen LogP contribution is 2.09. The van der Waals surface area contributed by atoms with Gasteiger partial charge in [-0.05, 0) is 25.3 Å². The number of hydrogen-bond donors (Lipinski definition) is 0. The van der Waals surface area contributed by atoms with Gasteiger partial charge < -0.3 is 4.74 Å². The first-order chi connectivity index (χ1) is 7.34. The third-order valence-corrected chi connectivity index (χ3v) is 1.79. The van der Waals surface area contributed by atoms with E-state index in [-0.39, 0.29) is 0 Å². The second-order valence-electron chi connectivity index (χ2n) is 2.96. The average Bonchev–Trinajstić information content (AvgIpc) is 2.25. The lowest BCUT2D eigenvalue weighted by Crippen LogP contribution is -2.02. The molecule has 0 bridgehead atoms. The van der Waals surface area contributed by atoms with Gasteiger partial charge >= 0.3 is 0 Å². The zero-order valence-electron chi connectivity index (χ0n) is 8.63. The van der Waals surface area contributed by atoms with Crippen LogP contribution in [-0.2, 0) is 0 Å². The van der Waals surface area contributed by atoms with E-state index in [2.05, 4.69) is 20.0 Å². The summed E-state index contributed by atoms with van der Waals surface area (Å²) in [7, 11) is 0. The molecule has 0 radical (unpaired) electrons.